The number of nitrogens with zero attached hydrogens (tertiary/aromatic N) is 5. The standard InChI is InChI=1S/C21H29N5O3/c1-4-17-13-18(25-9-11-28-12-10-25)24-20(23-17)16-5-7-26(8-6-16)21(27)19-14(2)22-15(3)29-19/h13,16H,4-12H2,1-3H3. The van der Waals surface area contributed by atoms with E-state index in [1.54, 1.807) is 6.92 Å². The summed E-state index contributed by atoms with van der Waals surface area (Å²) < 4.78 is 11.0. The van der Waals surface area contributed by atoms with Crippen LogP contribution in [0.4, 0.5) is 5.82 Å². The van der Waals surface area contributed by atoms with Crippen molar-refractivity contribution in [3.05, 3.63) is 34.9 Å². The van der Waals surface area contributed by atoms with E-state index in [4.69, 9.17) is 19.1 Å². The van der Waals surface area contributed by atoms with E-state index in [-0.39, 0.29) is 11.8 Å². The largest absolute Gasteiger partial charge is 0.436 e. The maximum Gasteiger partial charge on any atom is 0.291 e. The first kappa shape index (κ1) is 19.8. The Hall–Kier alpha value is -2.48. The minimum absolute atomic E-state index is 0.0706. The number of hydrogen-bond acceptors (Lipinski definition) is 7. The van der Waals surface area contributed by atoms with Gasteiger partial charge in [0, 0.05) is 50.8 Å². The second-order valence-corrected chi connectivity index (χ2v) is 7.74. The molecule has 8 nitrogen and oxygen atoms in total. The van der Waals surface area contributed by atoms with Crippen molar-refractivity contribution in [3.63, 3.8) is 0 Å². The summed E-state index contributed by atoms with van der Waals surface area (Å²) in [5, 5.41) is 0. The van der Waals surface area contributed by atoms with Gasteiger partial charge in [0.1, 0.15) is 11.6 Å². The number of carbonyl (C=O) groups is 1. The molecule has 0 aromatic carbocycles. The second-order valence-electron chi connectivity index (χ2n) is 7.74. The number of carbonyl (C=O) groups excluding carboxylic acids is 1. The lowest BCUT2D eigenvalue weighted by atomic mass is 9.95. The van der Waals surface area contributed by atoms with E-state index in [9.17, 15) is 4.79 Å². The van der Waals surface area contributed by atoms with Crippen LogP contribution < -0.4 is 4.90 Å². The van der Waals surface area contributed by atoms with Gasteiger partial charge in [-0.1, -0.05) is 6.92 Å². The summed E-state index contributed by atoms with van der Waals surface area (Å²) in [6, 6.07) is 2.10. The number of hydrogen-bond donors (Lipinski definition) is 0. The number of aromatic nitrogens is 3. The zero-order chi connectivity index (χ0) is 20.4. The molecule has 0 spiro atoms. The molecule has 0 bridgehead atoms. The number of piperidine rings is 1. The van der Waals surface area contributed by atoms with Crippen molar-refractivity contribution in [2.24, 2.45) is 0 Å². The number of amides is 1. The lowest BCUT2D eigenvalue weighted by Crippen LogP contribution is -2.39. The van der Waals surface area contributed by atoms with Gasteiger partial charge in [0.25, 0.3) is 5.91 Å². The molecule has 2 fully saturated rings. The van der Waals surface area contributed by atoms with Crippen LogP contribution >= 0.6 is 0 Å². The van der Waals surface area contributed by atoms with Crippen LogP contribution in [0.25, 0.3) is 0 Å². The Morgan fingerprint density at radius 1 is 1.10 bits per heavy atom. The normalized spacial score (nSPS) is 18.3. The molecule has 1 amide bonds. The lowest BCUT2D eigenvalue weighted by Gasteiger charge is -2.32. The Morgan fingerprint density at radius 3 is 2.45 bits per heavy atom. The SMILES string of the molecule is CCc1cc(N2CCOCC2)nc(C2CCN(C(=O)c3oc(C)nc3C)CC2)n1. The number of oxazole rings is 1. The molecule has 2 aromatic rings. The molecule has 0 radical (unpaired) electrons. The average molecular weight is 399 g/mol. The fourth-order valence-corrected chi connectivity index (χ4v) is 4.04. The Morgan fingerprint density at radius 2 is 1.83 bits per heavy atom. The van der Waals surface area contributed by atoms with E-state index in [1.165, 1.54) is 0 Å². The van der Waals surface area contributed by atoms with Gasteiger partial charge in [-0.2, -0.15) is 0 Å². The predicted octanol–water partition coefficient (Wildman–Crippen LogP) is 2.50. The molecule has 0 aliphatic carbocycles. The van der Waals surface area contributed by atoms with Crippen molar-refractivity contribution >= 4 is 11.7 Å². The molecule has 0 saturated carbocycles. The highest BCUT2D eigenvalue weighted by atomic mass is 16.5. The predicted molar refractivity (Wildman–Crippen MR) is 108 cm³/mol. The summed E-state index contributed by atoms with van der Waals surface area (Å²) in [7, 11) is 0. The maximum atomic E-state index is 12.8. The molecule has 4 rings (SSSR count). The van der Waals surface area contributed by atoms with Crippen LogP contribution in [0, 0.1) is 13.8 Å². The topological polar surface area (TPSA) is 84.6 Å². The van der Waals surface area contributed by atoms with Gasteiger partial charge in [-0.3, -0.25) is 4.79 Å². The zero-order valence-corrected chi connectivity index (χ0v) is 17.5. The molecular weight excluding hydrogens is 370 g/mol. The summed E-state index contributed by atoms with van der Waals surface area (Å²) in [5.41, 5.74) is 1.73. The Bertz CT molecular complexity index is 867. The quantitative estimate of drug-likeness (QED) is 0.781. The Labute approximate surface area is 171 Å². The van der Waals surface area contributed by atoms with Gasteiger partial charge in [-0.15, -0.1) is 0 Å². The molecule has 0 N–H and O–H groups in total. The molecule has 2 aliphatic rings. The summed E-state index contributed by atoms with van der Waals surface area (Å²) in [5.74, 6) is 2.99. The van der Waals surface area contributed by atoms with Crippen LogP contribution in [0.2, 0.25) is 0 Å². The summed E-state index contributed by atoms with van der Waals surface area (Å²) in [6.07, 6.45) is 2.59. The molecule has 0 unspecified atom stereocenters. The molecule has 8 heteroatoms. The molecule has 0 atom stereocenters. The van der Waals surface area contributed by atoms with E-state index in [1.807, 2.05) is 11.8 Å². The number of rotatable bonds is 4. The van der Waals surface area contributed by atoms with Gasteiger partial charge < -0.3 is 19.0 Å². The highest BCUT2D eigenvalue weighted by molar-refractivity contribution is 5.92. The van der Waals surface area contributed by atoms with E-state index in [0.29, 0.717) is 30.4 Å². The van der Waals surface area contributed by atoms with Crippen LogP contribution in [0.15, 0.2) is 10.5 Å². The van der Waals surface area contributed by atoms with Gasteiger partial charge in [-0.25, -0.2) is 15.0 Å². The van der Waals surface area contributed by atoms with E-state index in [2.05, 4.69) is 22.9 Å². The van der Waals surface area contributed by atoms with E-state index in [0.717, 1.165) is 62.9 Å². The van der Waals surface area contributed by atoms with Gasteiger partial charge in [0.05, 0.1) is 18.9 Å². The third kappa shape index (κ3) is 4.27. The Balaban J connectivity index is 1.46. The highest BCUT2D eigenvalue weighted by Gasteiger charge is 2.29. The maximum absolute atomic E-state index is 12.8. The van der Waals surface area contributed by atoms with Crippen LogP contribution in [0.1, 0.15) is 59.3 Å². The smallest absolute Gasteiger partial charge is 0.291 e. The van der Waals surface area contributed by atoms with Crippen LogP contribution in [0.3, 0.4) is 0 Å². The van der Waals surface area contributed by atoms with Gasteiger partial charge in [0.2, 0.25) is 5.76 Å². The number of likely N-dealkylation sites (tertiary alicyclic amines) is 1. The van der Waals surface area contributed by atoms with E-state index < -0.39 is 0 Å². The van der Waals surface area contributed by atoms with Crippen molar-refractivity contribution in [2.75, 3.05) is 44.3 Å². The zero-order valence-electron chi connectivity index (χ0n) is 17.5. The molecular formula is C21H29N5O3. The summed E-state index contributed by atoms with van der Waals surface area (Å²) in [6.45, 7) is 10.3. The molecule has 2 saturated heterocycles. The summed E-state index contributed by atoms with van der Waals surface area (Å²) in [4.78, 5) is 30.8. The van der Waals surface area contributed by atoms with E-state index >= 15 is 0 Å². The lowest BCUT2D eigenvalue weighted by molar-refractivity contribution is 0.0676. The van der Waals surface area contributed by atoms with Crippen LogP contribution in [0.5, 0.6) is 0 Å². The average Bonchev–Trinajstić information content (AvgIpc) is 3.11. The number of morpholine rings is 1. The van der Waals surface area contributed by atoms with Gasteiger partial charge >= 0.3 is 0 Å². The van der Waals surface area contributed by atoms with Crippen molar-refractivity contribution < 1.29 is 13.9 Å². The van der Waals surface area contributed by atoms with Crippen molar-refractivity contribution in [1.82, 2.24) is 19.9 Å². The first-order chi connectivity index (χ1) is 14.0. The van der Waals surface area contributed by atoms with Crippen molar-refractivity contribution in [1.29, 1.82) is 0 Å². The molecule has 156 valence electrons. The third-order valence-corrected chi connectivity index (χ3v) is 5.73. The third-order valence-electron chi connectivity index (χ3n) is 5.73. The van der Waals surface area contributed by atoms with Gasteiger partial charge in [-0.05, 0) is 26.2 Å². The highest BCUT2D eigenvalue weighted by Crippen LogP contribution is 2.29. The first-order valence-corrected chi connectivity index (χ1v) is 10.5. The van der Waals surface area contributed by atoms with Crippen molar-refractivity contribution in [3.8, 4) is 0 Å². The molecule has 4 heterocycles. The van der Waals surface area contributed by atoms with Crippen LogP contribution in [-0.2, 0) is 11.2 Å². The molecule has 2 aliphatic heterocycles. The first-order valence-electron chi connectivity index (χ1n) is 10.5. The minimum atomic E-state index is -0.0706. The van der Waals surface area contributed by atoms with Crippen LogP contribution in [-0.4, -0.2) is 65.2 Å². The minimum Gasteiger partial charge on any atom is -0.436 e. The fraction of sp³-hybridized carbons (Fsp3) is 0.619. The number of aryl methyl sites for hydroxylation is 3. The molecule has 29 heavy (non-hydrogen) atoms. The summed E-state index contributed by atoms with van der Waals surface area (Å²) >= 11 is 0. The second kappa shape index (κ2) is 8.49. The Kier molecular flexibility index (Phi) is 5.80. The number of ether oxygens (including phenoxy) is 1. The number of anilines is 1. The van der Waals surface area contributed by atoms with Crippen molar-refractivity contribution in [2.45, 2.75) is 46.0 Å². The fourth-order valence-electron chi connectivity index (χ4n) is 4.04. The monoisotopic (exact) mass is 399 g/mol. The van der Waals surface area contributed by atoms with Gasteiger partial charge in [0.15, 0.2) is 5.89 Å². The molecule has 2 aromatic heterocycles.